The highest BCUT2D eigenvalue weighted by molar-refractivity contribution is 6.30. The molecular weight excluding hydrogens is 1430 g/mol. The lowest BCUT2D eigenvalue weighted by molar-refractivity contribution is -0.396. The smallest absolute Gasteiger partial charge is 0.329 e. The summed E-state index contributed by atoms with van der Waals surface area (Å²) in [5.41, 5.74) is 2.52. The summed E-state index contributed by atoms with van der Waals surface area (Å²) in [5, 5.41) is 240. The van der Waals surface area contributed by atoms with Crippen molar-refractivity contribution in [1.82, 2.24) is 9.80 Å². The minimum atomic E-state index is -2.21. The number of piperazine rings is 1. The Morgan fingerprint density at radius 1 is 0.356 bits per heavy atom. The van der Waals surface area contributed by atoms with Gasteiger partial charge in [-0.25, -0.2) is 4.79 Å². The molecule has 0 saturated carbocycles. The number of hydrogen-bond acceptors (Lipinski definition) is 39. The highest BCUT2D eigenvalue weighted by Crippen LogP contribution is 2.40. The zero-order chi connectivity index (χ0) is 75.1. The van der Waals surface area contributed by atoms with Crippen LogP contribution in [0.25, 0.3) is 0 Å². The Bertz CT molecular complexity index is 2540. The van der Waals surface area contributed by atoms with Crippen LogP contribution in [-0.2, 0) is 75.8 Å². The molecular formula is C63H95ClN2O38. The fourth-order valence-electron chi connectivity index (χ4n) is 13.9. The molecule has 14 bridgehead atoms. The number of halogens is 1. The average molecular weight is 1520 g/mol. The van der Waals surface area contributed by atoms with Gasteiger partial charge in [-0.3, -0.25) is 9.80 Å². The summed E-state index contributed by atoms with van der Waals surface area (Å²) in [6.07, 6.45) is -70.2. The quantitative estimate of drug-likeness (QED) is 0.0736. The molecule has 1 unspecified atom stereocenters. The molecule has 36 atom stereocenters. The van der Waals surface area contributed by atoms with E-state index in [0.717, 1.165) is 37.7 Å². The highest BCUT2D eigenvalue weighted by Gasteiger charge is 2.60. The van der Waals surface area contributed by atoms with Gasteiger partial charge in [0.2, 0.25) is 0 Å². The number of carboxylic acid groups (broad SMARTS) is 1. The standard InChI is InChI=1S/C42H70O35.C21H25ClN2O3/c43-1-8-29-15(50)22(57)36(64-8)72-30-9(2-44)66-38(24(59)17(30)52)74-32-11(4-46)68-40(26(61)19(32)54)76-34-13(6-48)70-42(28(63)21(34)56)77-35-14(7-49)69-41(27(62)20(35)55)75-33-12(5-47)67-39(25(60)18(33)53)73-31-10(3-45)65-37(71-29)23(58)16(31)51;22-19-8-6-18(7-9-19)21(17-4-2-1-3-5-17)24-12-10-23(11-13-24)14-15-27-16-20(25)26/h8-63H,1-7H2;1-9,21H,10-16H2,(H,25,26)/t8-,9-,10-,11-,12-,13-,14-,15-,16-,17-,18-,19-,20+,21+,22-,23-,24-,25-,26-,27+,28+,29-,30-,31-,32-,33-,34-,35-,36-,37-,38-,39-,40-,41-,42-;/m1./s1. The lowest BCUT2D eigenvalue weighted by atomic mass is 9.95. The van der Waals surface area contributed by atoms with E-state index in [-0.39, 0.29) is 12.6 Å². The van der Waals surface area contributed by atoms with Gasteiger partial charge >= 0.3 is 5.97 Å². The van der Waals surface area contributed by atoms with Crippen molar-refractivity contribution in [1.29, 1.82) is 0 Å². The lowest BCUT2D eigenvalue weighted by Crippen LogP contribution is -2.68. The number of hydrogen-bond donors (Lipinski definition) is 22. The summed E-state index contributed by atoms with van der Waals surface area (Å²) in [6, 6.07) is 18.8. The third-order valence-electron chi connectivity index (χ3n) is 19.6. The Labute approximate surface area is 597 Å². The number of nitrogens with zero attached hydrogens (tertiary/aromatic N) is 2. The second-order valence-corrected chi connectivity index (χ2v) is 26.8. The van der Waals surface area contributed by atoms with E-state index in [9.17, 15) is 112 Å². The fourth-order valence-corrected chi connectivity index (χ4v) is 14.0. The van der Waals surface area contributed by atoms with Crippen molar-refractivity contribution in [2.45, 2.75) is 221 Å². The number of benzene rings is 2. The van der Waals surface area contributed by atoms with Gasteiger partial charge < -0.3 is 183 Å². The highest BCUT2D eigenvalue weighted by atomic mass is 35.5. The maximum atomic E-state index is 11.3. The molecule has 40 nitrogen and oxygen atoms in total. The van der Waals surface area contributed by atoms with Crippen LogP contribution in [0, 0.1) is 0 Å². The molecule has 2 aromatic carbocycles. The first-order chi connectivity index (χ1) is 49.8. The summed E-state index contributed by atoms with van der Waals surface area (Å²) < 4.78 is 84.6. The molecule has 22 N–H and O–H groups in total. The van der Waals surface area contributed by atoms with E-state index in [1.165, 1.54) is 11.1 Å². The van der Waals surface area contributed by atoms with E-state index < -0.39 is 267 Å². The molecule has 24 rings (SSSR count). The van der Waals surface area contributed by atoms with Gasteiger partial charge in [0.15, 0.2) is 44.0 Å². The van der Waals surface area contributed by atoms with Gasteiger partial charge in [-0.1, -0.05) is 54.1 Å². The molecule has 0 aromatic heterocycles. The lowest BCUT2D eigenvalue weighted by Gasteiger charge is -2.50. The van der Waals surface area contributed by atoms with Crippen LogP contribution in [-0.4, -0.2) is 435 Å². The summed E-state index contributed by atoms with van der Waals surface area (Å²) in [4.78, 5) is 15.3. The van der Waals surface area contributed by atoms with E-state index in [4.69, 9.17) is 87.8 Å². The number of aliphatic hydroxyl groups is 21. The average Bonchev–Trinajstić information content (AvgIpc) is 0.778. The summed E-state index contributed by atoms with van der Waals surface area (Å²) in [6.45, 7) is -2.58. The van der Waals surface area contributed by atoms with Crippen LogP contribution in [0.2, 0.25) is 5.02 Å². The van der Waals surface area contributed by atoms with Gasteiger partial charge in [-0.05, 0) is 23.3 Å². The molecule has 22 aliphatic rings. The molecule has 0 spiro atoms. The zero-order valence-corrected chi connectivity index (χ0v) is 56.3. The second-order valence-electron chi connectivity index (χ2n) is 26.3. The van der Waals surface area contributed by atoms with E-state index in [1.807, 2.05) is 18.2 Å². The molecule has 41 heteroatoms. The van der Waals surface area contributed by atoms with Crippen molar-refractivity contribution in [2.75, 3.05) is 92.2 Å². The monoisotopic (exact) mass is 1520 g/mol. The number of carboxylic acids is 1. The normalized spacial score (nSPS) is 45.4. The summed E-state index contributed by atoms with van der Waals surface area (Å²) >= 11 is 6.08. The second kappa shape index (κ2) is 37.6. The molecule has 0 amide bonds. The summed E-state index contributed by atoms with van der Waals surface area (Å²) in [7, 11) is 0. The van der Waals surface area contributed by atoms with E-state index in [0.29, 0.717) is 6.61 Å². The van der Waals surface area contributed by atoms with Crippen LogP contribution in [0.1, 0.15) is 17.2 Å². The topological polar surface area (TPSA) is 607 Å². The van der Waals surface area contributed by atoms with Gasteiger partial charge in [0.05, 0.1) is 58.9 Å². The van der Waals surface area contributed by atoms with Gasteiger partial charge in [0.25, 0.3) is 0 Å². The Morgan fingerprint density at radius 3 is 0.827 bits per heavy atom. The minimum Gasteiger partial charge on any atom is -0.480 e. The number of ether oxygens (including phenoxy) is 15. The first-order valence-electron chi connectivity index (χ1n) is 33.8. The summed E-state index contributed by atoms with van der Waals surface area (Å²) in [5.74, 6) is -0.923. The minimum absolute atomic E-state index is 0.203. The predicted octanol–water partition coefficient (Wildman–Crippen LogP) is -12.1. The van der Waals surface area contributed by atoms with Crippen LogP contribution in [0.4, 0.5) is 0 Å². The predicted molar refractivity (Wildman–Crippen MR) is 335 cm³/mol. The molecule has 592 valence electrons. The maximum absolute atomic E-state index is 11.3. The SMILES string of the molecule is O=C(O)COCCN1CCN(C(c2ccccc2)c2ccc(Cl)cc2)CC1.OC[C@H]1O[C@@H]2O[C@H]3[C@H](O)[C@@H](O)[C@@H](O[C@H]4[C@H](O)[C@@H](O)[C@@H](O[C@H]5[C@H](O)[C@@H](O)[C@@H](O[C@H]6[C@H](O)[C@@H](O)[C@@H](O[C@H]7[C@@H](O)[C@H](O)[C@@H](O[C@H]8[C@@H](O)[C@H](O)[C@@H](O[C@H]1[C@H](O)[C@H]2O)O[C@@H]8CO)O[C@@H]7CO)O[C@@H]6CO)O[C@@H]5CO)O[C@@H]4CO)O[C@@H]3CO. The maximum Gasteiger partial charge on any atom is 0.329 e. The number of aliphatic hydroxyl groups excluding tert-OH is 21. The van der Waals surface area contributed by atoms with Gasteiger partial charge in [-0.2, -0.15) is 0 Å². The Kier molecular flexibility index (Phi) is 30.1. The molecule has 22 fully saturated rings. The molecule has 22 saturated heterocycles. The molecule has 22 heterocycles. The van der Waals surface area contributed by atoms with Gasteiger partial charge in [0, 0.05) is 37.7 Å². The van der Waals surface area contributed by atoms with Crippen LogP contribution in [0.3, 0.4) is 0 Å². The van der Waals surface area contributed by atoms with E-state index in [2.05, 4.69) is 46.2 Å². The van der Waals surface area contributed by atoms with E-state index >= 15 is 0 Å². The first-order valence-corrected chi connectivity index (χ1v) is 34.2. The third kappa shape index (κ3) is 18.5. The third-order valence-corrected chi connectivity index (χ3v) is 19.9. The fraction of sp³-hybridized carbons (Fsp3) is 0.794. The molecule has 0 radical (unpaired) electrons. The Hall–Kier alpha value is -3.32. The Balaban J connectivity index is 0.000000358. The van der Waals surface area contributed by atoms with Crippen molar-refractivity contribution in [3.8, 4) is 0 Å². The number of rotatable bonds is 15. The molecule has 2 aromatic rings. The zero-order valence-electron chi connectivity index (χ0n) is 55.5. The van der Waals surface area contributed by atoms with Gasteiger partial charge in [0.1, 0.15) is 178 Å². The molecule has 104 heavy (non-hydrogen) atoms. The van der Waals surface area contributed by atoms with Crippen LogP contribution in [0.15, 0.2) is 54.6 Å². The first kappa shape index (κ1) is 83.2. The molecule has 0 aliphatic carbocycles. The van der Waals surface area contributed by atoms with Crippen LogP contribution in [0.5, 0.6) is 0 Å². The molecule has 22 aliphatic heterocycles. The van der Waals surface area contributed by atoms with E-state index in [1.54, 1.807) is 0 Å². The van der Waals surface area contributed by atoms with Gasteiger partial charge in [-0.15, -0.1) is 0 Å². The van der Waals surface area contributed by atoms with Crippen molar-refractivity contribution in [3.63, 3.8) is 0 Å². The van der Waals surface area contributed by atoms with Crippen LogP contribution < -0.4 is 0 Å². The Morgan fingerprint density at radius 2 is 0.596 bits per heavy atom. The van der Waals surface area contributed by atoms with Crippen molar-refractivity contribution in [2.24, 2.45) is 0 Å². The van der Waals surface area contributed by atoms with Crippen molar-refractivity contribution >= 4 is 17.6 Å². The number of carbonyl (C=O) groups is 1. The van der Waals surface area contributed by atoms with Crippen molar-refractivity contribution < 1.29 is 188 Å². The number of aliphatic carboxylic acids is 1. The largest absolute Gasteiger partial charge is 0.480 e. The van der Waals surface area contributed by atoms with Crippen molar-refractivity contribution in [3.05, 3.63) is 70.7 Å². The van der Waals surface area contributed by atoms with Crippen LogP contribution >= 0.6 is 11.6 Å².